The SMILES string of the molecule is CCC(C)c1nc(C)cn1Cc1ccc(NC(=O)C(Cc2ccccc2)n2cccc2C)cc1. The molecule has 0 saturated carbocycles. The number of benzene rings is 2. The van der Waals surface area contributed by atoms with E-state index in [1.54, 1.807) is 0 Å². The summed E-state index contributed by atoms with van der Waals surface area (Å²) in [5.74, 6) is 1.54. The first-order valence-corrected chi connectivity index (χ1v) is 12.1. The number of nitrogens with one attached hydrogen (secondary N) is 1. The van der Waals surface area contributed by atoms with Gasteiger partial charge in [0.05, 0.1) is 5.69 Å². The van der Waals surface area contributed by atoms with Crippen LogP contribution >= 0.6 is 0 Å². The lowest BCUT2D eigenvalue weighted by Gasteiger charge is -2.21. The average molecular weight is 455 g/mol. The Balaban J connectivity index is 1.48. The number of carbonyl (C=O) groups is 1. The Bertz CT molecular complexity index is 1220. The van der Waals surface area contributed by atoms with Gasteiger partial charge in [0.25, 0.3) is 0 Å². The number of anilines is 1. The zero-order valence-corrected chi connectivity index (χ0v) is 20.5. The van der Waals surface area contributed by atoms with Crippen LogP contribution in [0.2, 0.25) is 0 Å². The number of nitrogens with zero attached hydrogens (tertiary/aromatic N) is 3. The molecule has 2 unspecified atom stereocenters. The van der Waals surface area contributed by atoms with Gasteiger partial charge in [-0.25, -0.2) is 4.98 Å². The molecule has 4 aromatic rings. The maximum atomic E-state index is 13.4. The number of hydrogen-bond acceptors (Lipinski definition) is 2. The van der Waals surface area contributed by atoms with Gasteiger partial charge >= 0.3 is 0 Å². The van der Waals surface area contributed by atoms with Crippen molar-refractivity contribution >= 4 is 11.6 Å². The van der Waals surface area contributed by atoms with Crippen LogP contribution in [0.4, 0.5) is 5.69 Å². The first-order chi connectivity index (χ1) is 16.4. The van der Waals surface area contributed by atoms with E-state index in [0.717, 1.165) is 41.4 Å². The number of amides is 1. The second kappa shape index (κ2) is 10.6. The number of rotatable bonds is 9. The maximum absolute atomic E-state index is 13.4. The fourth-order valence-electron chi connectivity index (χ4n) is 4.37. The summed E-state index contributed by atoms with van der Waals surface area (Å²) in [6.45, 7) is 9.25. The fourth-order valence-corrected chi connectivity index (χ4v) is 4.37. The summed E-state index contributed by atoms with van der Waals surface area (Å²) in [7, 11) is 0. The molecule has 0 spiro atoms. The van der Waals surface area contributed by atoms with Crippen LogP contribution in [0.3, 0.4) is 0 Å². The van der Waals surface area contributed by atoms with Gasteiger partial charge in [0, 0.05) is 42.7 Å². The van der Waals surface area contributed by atoms with E-state index in [9.17, 15) is 4.79 Å². The van der Waals surface area contributed by atoms with Crippen LogP contribution in [0.5, 0.6) is 0 Å². The van der Waals surface area contributed by atoms with Crippen molar-refractivity contribution in [2.24, 2.45) is 0 Å². The third-order valence-corrected chi connectivity index (χ3v) is 6.46. The molecule has 4 rings (SSSR count). The van der Waals surface area contributed by atoms with E-state index in [1.165, 1.54) is 5.56 Å². The molecule has 0 aliphatic heterocycles. The fraction of sp³-hybridized carbons (Fsp3) is 0.310. The molecule has 1 N–H and O–H groups in total. The Hall–Kier alpha value is -3.60. The van der Waals surface area contributed by atoms with Gasteiger partial charge in [0.15, 0.2) is 0 Å². The standard InChI is InChI=1S/C29H34N4O/c1-5-21(2)28-30-22(3)19-32(28)20-25-13-15-26(16-14-25)31-29(34)27(33-17-9-10-23(33)4)18-24-11-7-6-8-12-24/h6-17,19,21,27H,5,18,20H2,1-4H3,(H,31,34). The Morgan fingerprint density at radius 1 is 0.971 bits per heavy atom. The van der Waals surface area contributed by atoms with Crippen molar-refractivity contribution in [1.82, 2.24) is 14.1 Å². The van der Waals surface area contributed by atoms with Crippen LogP contribution in [0, 0.1) is 13.8 Å². The van der Waals surface area contributed by atoms with Gasteiger partial charge in [-0.2, -0.15) is 0 Å². The molecule has 0 fully saturated rings. The van der Waals surface area contributed by atoms with Crippen LogP contribution in [0.25, 0.3) is 0 Å². The number of aryl methyl sites for hydroxylation is 2. The molecule has 176 valence electrons. The van der Waals surface area contributed by atoms with Crippen molar-refractivity contribution < 1.29 is 4.79 Å². The summed E-state index contributed by atoms with van der Waals surface area (Å²) in [4.78, 5) is 18.1. The molecule has 1 amide bonds. The largest absolute Gasteiger partial charge is 0.339 e. The van der Waals surface area contributed by atoms with Crippen molar-refractivity contribution in [3.05, 3.63) is 107 Å². The third-order valence-electron chi connectivity index (χ3n) is 6.46. The molecule has 2 aromatic carbocycles. The van der Waals surface area contributed by atoms with Gasteiger partial charge in [0.2, 0.25) is 5.91 Å². The Morgan fingerprint density at radius 3 is 2.35 bits per heavy atom. The summed E-state index contributed by atoms with van der Waals surface area (Å²) in [6.07, 6.45) is 5.80. The highest BCUT2D eigenvalue weighted by atomic mass is 16.2. The zero-order valence-electron chi connectivity index (χ0n) is 20.5. The van der Waals surface area contributed by atoms with Crippen molar-refractivity contribution in [1.29, 1.82) is 0 Å². The van der Waals surface area contributed by atoms with Crippen molar-refractivity contribution in [2.75, 3.05) is 5.32 Å². The highest BCUT2D eigenvalue weighted by molar-refractivity contribution is 5.94. The molecule has 2 heterocycles. The average Bonchev–Trinajstić information content (AvgIpc) is 3.43. The van der Waals surface area contributed by atoms with Crippen LogP contribution in [0.1, 0.15) is 60.6 Å². The molecule has 5 heteroatoms. The molecular formula is C29H34N4O. The topological polar surface area (TPSA) is 51.9 Å². The summed E-state index contributed by atoms with van der Waals surface area (Å²) in [5, 5.41) is 3.13. The summed E-state index contributed by atoms with van der Waals surface area (Å²) in [5.41, 5.74) is 5.24. The van der Waals surface area contributed by atoms with E-state index in [-0.39, 0.29) is 11.9 Å². The first-order valence-electron chi connectivity index (χ1n) is 12.1. The summed E-state index contributed by atoms with van der Waals surface area (Å²) >= 11 is 0. The Labute approximate surface area is 202 Å². The van der Waals surface area contributed by atoms with Crippen LogP contribution in [0.15, 0.2) is 79.1 Å². The van der Waals surface area contributed by atoms with Crippen molar-refractivity contribution in [2.45, 2.75) is 59.0 Å². The lowest BCUT2D eigenvalue weighted by molar-refractivity contribution is -0.119. The van der Waals surface area contributed by atoms with Crippen LogP contribution in [-0.4, -0.2) is 20.0 Å². The second-order valence-electron chi connectivity index (χ2n) is 9.13. The van der Waals surface area contributed by atoms with E-state index in [4.69, 9.17) is 4.98 Å². The second-order valence-corrected chi connectivity index (χ2v) is 9.13. The number of hydrogen-bond donors (Lipinski definition) is 1. The summed E-state index contributed by atoms with van der Waals surface area (Å²) in [6, 6.07) is 22.0. The minimum Gasteiger partial charge on any atom is -0.339 e. The summed E-state index contributed by atoms with van der Waals surface area (Å²) < 4.78 is 4.29. The van der Waals surface area contributed by atoms with Crippen LogP contribution in [-0.2, 0) is 17.8 Å². The lowest BCUT2D eigenvalue weighted by atomic mass is 10.0. The lowest BCUT2D eigenvalue weighted by Crippen LogP contribution is -2.28. The predicted molar refractivity (Wildman–Crippen MR) is 138 cm³/mol. The smallest absolute Gasteiger partial charge is 0.247 e. The minimum atomic E-state index is -0.316. The van der Waals surface area contributed by atoms with E-state index in [1.807, 2.05) is 62.5 Å². The number of carbonyl (C=O) groups excluding carboxylic acids is 1. The van der Waals surface area contributed by atoms with Gasteiger partial charge in [-0.3, -0.25) is 4.79 Å². The number of imidazole rings is 1. The Morgan fingerprint density at radius 2 is 1.71 bits per heavy atom. The molecule has 0 radical (unpaired) electrons. The Kier molecular flexibility index (Phi) is 7.31. The minimum absolute atomic E-state index is 0.0137. The van der Waals surface area contributed by atoms with E-state index >= 15 is 0 Å². The van der Waals surface area contributed by atoms with Gasteiger partial charge < -0.3 is 14.5 Å². The first kappa shape index (κ1) is 23.6. The highest BCUT2D eigenvalue weighted by Crippen LogP contribution is 2.22. The van der Waals surface area contributed by atoms with Crippen LogP contribution < -0.4 is 5.32 Å². The van der Waals surface area contributed by atoms with Crippen molar-refractivity contribution in [3.63, 3.8) is 0 Å². The van der Waals surface area contributed by atoms with Gasteiger partial charge in [0.1, 0.15) is 11.9 Å². The highest BCUT2D eigenvalue weighted by Gasteiger charge is 2.22. The number of aromatic nitrogens is 3. The normalized spacial score (nSPS) is 12.9. The van der Waals surface area contributed by atoms with Crippen molar-refractivity contribution in [3.8, 4) is 0 Å². The molecule has 0 bridgehead atoms. The molecule has 34 heavy (non-hydrogen) atoms. The van der Waals surface area contributed by atoms with Gasteiger partial charge in [-0.15, -0.1) is 0 Å². The third kappa shape index (κ3) is 5.48. The molecule has 0 saturated heterocycles. The zero-order chi connectivity index (χ0) is 24.1. The van der Waals surface area contributed by atoms with E-state index < -0.39 is 0 Å². The van der Waals surface area contributed by atoms with E-state index in [2.05, 4.69) is 58.8 Å². The molecule has 2 atom stereocenters. The maximum Gasteiger partial charge on any atom is 0.247 e. The monoisotopic (exact) mass is 454 g/mol. The quantitative estimate of drug-likeness (QED) is 0.323. The predicted octanol–water partition coefficient (Wildman–Crippen LogP) is 6.29. The molecule has 0 aliphatic carbocycles. The van der Waals surface area contributed by atoms with E-state index in [0.29, 0.717) is 12.3 Å². The molecule has 5 nitrogen and oxygen atoms in total. The molecule has 2 aromatic heterocycles. The molecule has 0 aliphatic rings. The van der Waals surface area contributed by atoms with Gasteiger partial charge in [-0.1, -0.05) is 56.3 Å². The van der Waals surface area contributed by atoms with Gasteiger partial charge in [-0.05, 0) is 55.7 Å². The molecular weight excluding hydrogens is 420 g/mol.